The third-order valence-corrected chi connectivity index (χ3v) is 3.65. The lowest BCUT2D eigenvalue weighted by Crippen LogP contribution is -2.26. The first-order valence-electron chi connectivity index (χ1n) is 6.40. The van der Waals surface area contributed by atoms with Crippen LogP contribution in [-0.2, 0) is 27.2 Å². The molecular weight excluding hydrogens is 244 g/mol. The summed E-state index contributed by atoms with van der Waals surface area (Å²) in [5, 5.41) is 0. The van der Waals surface area contributed by atoms with Crippen LogP contribution in [0.15, 0.2) is 18.2 Å². The molecule has 1 aromatic rings. The summed E-state index contributed by atoms with van der Waals surface area (Å²) in [5.41, 5.74) is 2.14. The van der Waals surface area contributed by atoms with E-state index in [1.807, 2.05) is 18.2 Å². The van der Waals surface area contributed by atoms with E-state index in [0.29, 0.717) is 19.3 Å². The molecule has 4 nitrogen and oxygen atoms in total. The van der Waals surface area contributed by atoms with E-state index in [2.05, 4.69) is 4.74 Å². The Morgan fingerprint density at radius 2 is 2.16 bits per heavy atom. The second-order valence-corrected chi connectivity index (χ2v) is 4.76. The maximum atomic E-state index is 12.1. The lowest BCUT2D eigenvalue weighted by Gasteiger charge is -2.24. The summed E-state index contributed by atoms with van der Waals surface area (Å²) in [7, 11) is 3.00. The molecule has 1 aliphatic carbocycles. The van der Waals surface area contributed by atoms with Crippen LogP contribution in [0.1, 0.15) is 24.0 Å². The van der Waals surface area contributed by atoms with E-state index in [-0.39, 0.29) is 24.1 Å². The van der Waals surface area contributed by atoms with Gasteiger partial charge in [0, 0.05) is 18.8 Å². The number of hydrogen-bond donors (Lipinski definition) is 0. The quantitative estimate of drug-likeness (QED) is 0.778. The van der Waals surface area contributed by atoms with Crippen LogP contribution in [-0.4, -0.2) is 26.0 Å². The zero-order valence-corrected chi connectivity index (χ0v) is 11.3. The van der Waals surface area contributed by atoms with Crippen molar-refractivity contribution in [1.82, 2.24) is 0 Å². The summed E-state index contributed by atoms with van der Waals surface area (Å²) in [6, 6.07) is 5.78. The average molecular weight is 262 g/mol. The minimum absolute atomic E-state index is 0.108. The molecule has 1 aromatic carbocycles. The lowest BCUT2D eigenvalue weighted by atomic mass is 9.80. The van der Waals surface area contributed by atoms with Crippen LogP contribution in [0.2, 0.25) is 0 Å². The molecule has 0 saturated carbocycles. The number of methoxy groups -OCH3 is 2. The molecular formula is C15H18O4. The zero-order valence-electron chi connectivity index (χ0n) is 11.3. The maximum Gasteiger partial charge on any atom is 0.305 e. The van der Waals surface area contributed by atoms with Crippen LogP contribution in [0.25, 0.3) is 0 Å². The number of ketones is 1. The number of carbonyl (C=O) groups is 2. The van der Waals surface area contributed by atoms with Gasteiger partial charge in [-0.3, -0.25) is 9.59 Å². The highest BCUT2D eigenvalue weighted by Crippen LogP contribution is 2.32. The molecule has 2 rings (SSSR count). The highest BCUT2D eigenvalue weighted by Gasteiger charge is 2.28. The predicted octanol–water partition coefficient (Wildman–Crippen LogP) is 1.93. The molecule has 1 unspecified atom stereocenters. The van der Waals surface area contributed by atoms with Gasteiger partial charge in [-0.25, -0.2) is 0 Å². The van der Waals surface area contributed by atoms with Gasteiger partial charge in [-0.1, -0.05) is 12.1 Å². The number of rotatable bonds is 4. The first kappa shape index (κ1) is 13.6. The molecule has 0 N–H and O–H groups in total. The molecule has 0 heterocycles. The van der Waals surface area contributed by atoms with Crippen LogP contribution in [0, 0.1) is 5.92 Å². The van der Waals surface area contributed by atoms with Gasteiger partial charge in [-0.05, 0) is 30.0 Å². The number of benzene rings is 1. The topological polar surface area (TPSA) is 52.6 Å². The van der Waals surface area contributed by atoms with Gasteiger partial charge in [0.05, 0.1) is 14.2 Å². The van der Waals surface area contributed by atoms with E-state index in [0.717, 1.165) is 16.9 Å². The molecule has 0 spiro atoms. The first-order chi connectivity index (χ1) is 9.15. The van der Waals surface area contributed by atoms with Crippen LogP contribution in [0.3, 0.4) is 0 Å². The SMILES string of the molecule is COC(=O)CCC1Cc2c(cccc2OC)CC1=O. The number of hydrogen-bond acceptors (Lipinski definition) is 4. The van der Waals surface area contributed by atoms with Crippen LogP contribution in [0.5, 0.6) is 5.75 Å². The number of carbonyl (C=O) groups excluding carboxylic acids is 2. The molecule has 4 heteroatoms. The Balaban J connectivity index is 2.13. The second kappa shape index (κ2) is 5.87. The van der Waals surface area contributed by atoms with E-state index in [9.17, 15) is 9.59 Å². The van der Waals surface area contributed by atoms with Crippen LogP contribution >= 0.6 is 0 Å². The van der Waals surface area contributed by atoms with Crippen molar-refractivity contribution >= 4 is 11.8 Å². The molecule has 0 aliphatic heterocycles. The van der Waals surface area contributed by atoms with E-state index in [1.54, 1.807) is 7.11 Å². The van der Waals surface area contributed by atoms with Gasteiger partial charge < -0.3 is 9.47 Å². The standard InChI is InChI=1S/C15H18O4/c1-18-14-5-3-4-10-9-13(16)11(8-12(10)14)6-7-15(17)19-2/h3-5,11H,6-9H2,1-2H3. The smallest absolute Gasteiger partial charge is 0.305 e. The number of ether oxygens (including phenoxy) is 2. The van der Waals surface area contributed by atoms with E-state index in [4.69, 9.17) is 4.74 Å². The molecule has 0 aromatic heterocycles. The van der Waals surface area contributed by atoms with Gasteiger partial charge in [-0.2, -0.15) is 0 Å². The maximum absolute atomic E-state index is 12.1. The number of esters is 1. The Labute approximate surface area is 112 Å². The fourth-order valence-electron chi connectivity index (χ4n) is 2.55. The lowest BCUT2D eigenvalue weighted by molar-refractivity contribution is -0.141. The highest BCUT2D eigenvalue weighted by atomic mass is 16.5. The fraction of sp³-hybridized carbons (Fsp3) is 0.467. The van der Waals surface area contributed by atoms with Gasteiger partial charge in [0.1, 0.15) is 11.5 Å². The van der Waals surface area contributed by atoms with Gasteiger partial charge in [0.2, 0.25) is 0 Å². The predicted molar refractivity (Wildman–Crippen MR) is 70.1 cm³/mol. The summed E-state index contributed by atoms with van der Waals surface area (Å²) < 4.78 is 9.96. The summed E-state index contributed by atoms with van der Waals surface area (Å²) in [6.45, 7) is 0. The van der Waals surface area contributed by atoms with Crippen molar-refractivity contribution in [3.63, 3.8) is 0 Å². The van der Waals surface area contributed by atoms with Crippen molar-refractivity contribution < 1.29 is 19.1 Å². The summed E-state index contributed by atoms with van der Waals surface area (Å²) in [4.78, 5) is 23.2. The third kappa shape index (κ3) is 2.95. The normalized spacial score (nSPS) is 17.8. The molecule has 19 heavy (non-hydrogen) atoms. The number of fused-ring (bicyclic) bond motifs is 1. The Morgan fingerprint density at radius 3 is 2.84 bits per heavy atom. The molecule has 0 radical (unpaired) electrons. The Morgan fingerprint density at radius 1 is 1.37 bits per heavy atom. The molecule has 1 aliphatic rings. The minimum Gasteiger partial charge on any atom is -0.496 e. The molecule has 102 valence electrons. The monoisotopic (exact) mass is 262 g/mol. The highest BCUT2D eigenvalue weighted by molar-refractivity contribution is 5.86. The number of Topliss-reactive ketones (excluding diaryl/α,β-unsaturated/α-hetero) is 1. The first-order valence-corrected chi connectivity index (χ1v) is 6.40. The van der Waals surface area contributed by atoms with Crippen molar-refractivity contribution in [2.24, 2.45) is 5.92 Å². The van der Waals surface area contributed by atoms with Crippen LogP contribution < -0.4 is 4.74 Å². The summed E-state index contributed by atoms with van der Waals surface area (Å²) in [6.07, 6.45) is 1.91. The Kier molecular flexibility index (Phi) is 4.20. The fourth-order valence-corrected chi connectivity index (χ4v) is 2.55. The van der Waals surface area contributed by atoms with E-state index in [1.165, 1.54) is 7.11 Å². The van der Waals surface area contributed by atoms with E-state index >= 15 is 0 Å². The van der Waals surface area contributed by atoms with E-state index < -0.39 is 0 Å². The third-order valence-electron chi connectivity index (χ3n) is 3.65. The van der Waals surface area contributed by atoms with Gasteiger partial charge in [0.15, 0.2) is 0 Å². The molecule has 0 fully saturated rings. The Bertz CT molecular complexity index is 493. The summed E-state index contributed by atoms with van der Waals surface area (Å²) in [5.74, 6) is 0.652. The second-order valence-electron chi connectivity index (χ2n) is 4.76. The van der Waals surface area contributed by atoms with Crippen LogP contribution in [0.4, 0.5) is 0 Å². The average Bonchev–Trinajstić information content (AvgIpc) is 2.43. The van der Waals surface area contributed by atoms with Gasteiger partial charge in [-0.15, -0.1) is 0 Å². The van der Waals surface area contributed by atoms with Gasteiger partial charge in [0.25, 0.3) is 0 Å². The van der Waals surface area contributed by atoms with Crippen molar-refractivity contribution in [3.05, 3.63) is 29.3 Å². The van der Waals surface area contributed by atoms with Crippen molar-refractivity contribution in [2.75, 3.05) is 14.2 Å². The van der Waals surface area contributed by atoms with Crippen molar-refractivity contribution in [1.29, 1.82) is 0 Å². The largest absolute Gasteiger partial charge is 0.496 e. The van der Waals surface area contributed by atoms with Gasteiger partial charge >= 0.3 is 5.97 Å². The Hall–Kier alpha value is -1.84. The minimum atomic E-state index is -0.265. The molecule has 0 amide bonds. The summed E-state index contributed by atoms with van der Waals surface area (Å²) >= 11 is 0. The van der Waals surface area contributed by atoms with Crippen molar-refractivity contribution in [2.45, 2.75) is 25.7 Å². The molecule has 0 bridgehead atoms. The molecule has 1 atom stereocenters. The van der Waals surface area contributed by atoms with Crippen molar-refractivity contribution in [3.8, 4) is 5.75 Å². The zero-order chi connectivity index (χ0) is 13.8. The molecule has 0 saturated heterocycles.